The number of rotatable bonds is 8. The van der Waals surface area contributed by atoms with Crippen molar-refractivity contribution in [1.29, 1.82) is 0 Å². The number of nitrogens with zero attached hydrogens (tertiary/aromatic N) is 1. The minimum atomic E-state index is -1.68. The van der Waals surface area contributed by atoms with Gasteiger partial charge >= 0.3 is 5.97 Å². The molecule has 2 fully saturated rings. The average Bonchev–Trinajstić information content (AvgIpc) is 3.51. The molecule has 2 aliphatic rings. The first-order chi connectivity index (χ1) is 25.1. The van der Waals surface area contributed by atoms with Gasteiger partial charge in [-0.1, -0.05) is 43.7 Å². The Morgan fingerprint density at radius 2 is 1.52 bits per heavy atom. The molecule has 8 N–H and O–H groups in total. The molecule has 54 heavy (non-hydrogen) atoms. The third-order valence-corrected chi connectivity index (χ3v) is 9.38. The first-order valence-electron chi connectivity index (χ1n) is 18.7. The van der Waals surface area contributed by atoms with E-state index in [9.17, 15) is 43.8 Å². The summed E-state index contributed by atoms with van der Waals surface area (Å²) in [6, 6.07) is -0.423. The van der Waals surface area contributed by atoms with Crippen molar-refractivity contribution in [3.8, 4) is 0 Å². The summed E-state index contributed by atoms with van der Waals surface area (Å²) in [5, 5.41) is 36.5. The summed E-state index contributed by atoms with van der Waals surface area (Å²) >= 11 is 0. The maximum atomic E-state index is 14.2. The third kappa shape index (κ3) is 13.1. The van der Waals surface area contributed by atoms with Crippen molar-refractivity contribution in [1.82, 2.24) is 36.8 Å². The second-order valence-electron chi connectivity index (χ2n) is 16.1. The normalized spacial score (nSPS) is 27.5. The largest absolute Gasteiger partial charge is 0.481 e. The van der Waals surface area contributed by atoms with E-state index in [4.69, 9.17) is 0 Å². The van der Waals surface area contributed by atoms with Crippen molar-refractivity contribution in [2.75, 3.05) is 6.54 Å². The zero-order valence-electron chi connectivity index (χ0n) is 32.7. The number of fused-ring (bicyclic) bond motifs is 1. The average molecular weight is 758 g/mol. The highest BCUT2D eigenvalue weighted by atomic mass is 16.4. The van der Waals surface area contributed by atoms with Crippen molar-refractivity contribution in [3.63, 3.8) is 0 Å². The molecule has 2 aliphatic heterocycles. The number of aliphatic hydroxyl groups excluding tert-OH is 1. The summed E-state index contributed by atoms with van der Waals surface area (Å²) in [6.45, 7) is 14.1. The Bertz CT molecular complexity index is 1530. The number of hydrogen-bond donors (Lipinski definition) is 8. The van der Waals surface area contributed by atoms with Crippen molar-refractivity contribution >= 4 is 41.4 Å². The van der Waals surface area contributed by atoms with Gasteiger partial charge in [0.2, 0.25) is 35.4 Å². The number of hydrogen-bond acceptors (Lipinski definition) is 9. The number of carbonyl (C=O) groups excluding carboxylic acids is 6. The number of carbonyl (C=O) groups is 7. The number of benzene rings is 1. The van der Waals surface area contributed by atoms with E-state index in [1.165, 1.54) is 6.92 Å². The van der Waals surface area contributed by atoms with E-state index in [-0.39, 0.29) is 25.2 Å². The van der Waals surface area contributed by atoms with E-state index in [1.54, 1.807) is 32.6 Å². The van der Waals surface area contributed by atoms with Crippen LogP contribution in [0.1, 0.15) is 91.7 Å². The van der Waals surface area contributed by atoms with Crippen LogP contribution in [0.2, 0.25) is 0 Å². The van der Waals surface area contributed by atoms with Crippen molar-refractivity contribution in [3.05, 3.63) is 35.4 Å². The fourth-order valence-electron chi connectivity index (χ4n) is 6.88. The molecule has 0 radical (unpaired) electrons. The van der Waals surface area contributed by atoms with Crippen molar-refractivity contribution in [2.24, 2.45) is 5.92 Å². The van der Waals surface area contributed by atoms with E-state index in [2.05, 4.69) is 31.9 Å². The Morgan fingerprint density at radius 3 is 2.09 bits per heavy atom. The van der Waals surface area contributed by atoms with Gasteiger partial charge in [-0.2, -0.15) is 0 Å². The van der Waals surface area contributed by atoms with Gasteiger partial charge in [-0.05, 0) is 85.3 Å². The molecule has 2 saturated heterocycles. The van der Waals surface area contributed by atoms with Crippen molar-refractivity contribution < 1.29 is 43.8 Å². The number of carboxylic acid groups (broad SMARTS) is 1. The molecule has 2 heterocycles. The van der Waals surface area contributed by atoms with Gasteiger partial charge in [0.05, 0.1) is 24.6 Å². The Labute approximate surface area is 317 Å². The number of nitrogens with one attached hydrogen (secondary N) is 6. The van der Waals surface area contributed by atoms with Crippen LogP contribution in [-0.4, -0.2) is 117 Å². The van der Waals surface area contributed by atoms with Crippen LogP contribution < -0.4 is 31.9 Å². The van der Waals surface area contributed by atoms with E-state index in [0.29, 0.717) is 19.4 Å². The maximum Gasteiger partial charge on any atom is 0.305 e. The summed E-state index contributed by atoms with van der Waals surface area (Å²) in [4.78, 5) is 96.3. The molecule has 6 amide bonds. The molecule has 16 nitrogen and oxygen atoms in total. The van der Waals surface area contributed by atoms with E-state index in [0.717, 1.165) is 11.1 Å². The van der Waals surface area contributed by atoms with Gasteiger partial charge in [-0.25, -0.2) is 0 Å². The first kappa shape index (κ1) is 43.8. The molecule has 0 unspecified atom stereocenters. The van der Waals surface area contributed by atoms with Crippen LogP contribution in [0, 0.1) is 12.8 Å². The quantitative estimate of drug-likeness (QED) is 0.177. The predicted octanol–water partition coefficient (Wildman–Crippen LogP) is 0.0344. The summed E-state index contributed by atoms with van der Waals surface area (Å²) in [6.07, 6.45) is -1.20. The van der Waals surface area contributed by atoms with Crippen LogP contribution in [0.4, 0.5) is 0 Å². The molecule has 1 aromatic rings. The van der Waals surface area contributed by atoms with Crippen LogP contribution in [0.5, 0.6) is 0 Å². The lowest BCUT2D eigenvalue weighted by Gasteiger charge is -2.38. The molecule has 8 atom stereocenters. The van der Waals surface area contributed by atoms with Crippen LogP contribution >= 0.6 is 0 Å². The molecule has 300 valence electrons. The van der Waals surface area contributed by atoms with Gasteiger partial charge < -0.3 is 42.1 Å². The van der Waals surface area contributed by atoms with Gasteiger partial charge in [0.25, 0.3) is 0 Å². The van der Waals surface area contributed by atoms with Gasteiger partial charge in [0, 0.05) is 18.0 Å². The lowest BCUT2D eigenvalue weighted by atomic mass is 9.99. The molecule has 1 aromatic carbocycles. The summed E-state index contributed by atoms with van der Waals surface area (Å²) in [5.74, 6) is -5.72. The predicted molar refractivity (Wildman–Crippen MR) is 200 cm³/mol. The van der Waals surface area contributed by atoms with Gasteiger partial charge in [-0.3, -0.25) is 38.5 Å². The van der Waals surface area contributed by atoms with Crippen molar-refractivity contribution in [2.45, 2.75) is 148 Å². The van der Waals surface area contributed by atoms with E-state index < -0.39 is 102 Å². The van der Waals surface area contributed by atoms with Crippen LogP contribution in [0.3, 0.4) is 0 Å². The highest BCUT2D eigenvalue weighted by Crippen LogP contribution is 2.24. The third-order valence-electron chi connectivity index (χ3n) is 9.38. The molecule has 0 bridgehead atoms. The smallest absolute Gasteiger partial charge is 0.305 e. The highest BCUT2D eigenvalue weighted by molar-refractivity contribution is 5.96. The fourth-order valence-corrected chi connectivity index (χ4v) is 6.88. The second-order valence-corrected chi connectivity index (χ2v) is 16.1. The minimum absolute atomic E-state index is 0.112. The molecule has 0 spiro atoms. The zero-order chi connectivity index (χ0) is 40.5. The first-order valence-corrected chi connectivity index (χ1v) is 18.7. The SMILES string of the molecule is Cc1ccc(C[C@H]2CC(=O)N[C@@H](CC(C)C)C(=O)N[C@@H](CC(=O)O)C(=O)N[C@@H]([C@@H](C)O)C(=O)N[C@@H](C)[C@@H](C(=O)NC(C)(C)C)N3CCC[C@H]3C(=O)N2)cc1. The number of aliphatic carboxylic acids is 1. The number of aryl methyl sites for hydroxylation is 1. The second kappa shape index (κ2) is 19.1. The Morgan fingerprint density at radius 1 is 0.889 bits per heavy atom. The Hall–Kier alpha value is -4.57. The summed E-state index contributed by atoms with van der Waals surface area (Å²) in [7, 11) is 0. The highest BCUT2D eigenvalue weighted by Gasteiger charge is 2.44. The van der Waals surface area contributed by atoms with Crippen LogP contribution in [0.15, 0.2) is 24.3 Å². The van der Waals surface area contributed by atoms with Gasteiger partial charge in [-0.15, -0.1) is 0 Å². The Kier molecular flexibility index (Phi) is 15.5. The summed E-state index contributed by atoms with van der Waals surface area (Å²) in [5.41, 5.74) is 1.20. The maximum absolute atomic E-state index is 14.2. The molecular formula is C38H59N7O9. The van der Waals surface area contributed by atoms with E-state index in [1.807, 2.05) is 45.0 Å². The molecule has 0 saturated carbocycles. The van der Waals surface area contributed by atoms with Gasteiger partial charge in [0.1, 0.15) is 24.2 Å². The monoisotopic (exact) mass is 757 g/mol. The standard InChI is InChI=1S/C38H59N7O9/c1-20(2)16-26-33(50)42-27(19-30(48)49)34(51)43-31(23(5)46)36(53)39-22(4)32(37(54)44-38(6,7)8)45-15-9-10-28(45)35(52)40-25(18-29(47)41-26)17-24-13-11-21(3)12-14-24/h11-14,20,22-23,25-28,31-32,46H,9-10,15-19H2,1-8H3,(H,39,53)(H,40,52)(H,41,47)(H,42,50)(H,43,51)(H,44,54)(H,48,49)/t22-,23+,25-,26-,27-,28-,31-,32-/m0/s1. The lowest BCUT2D eigenvalue weighted by molar-refractivity contribution is -0.142. The number of aliphatic hydroxyl groups is 1. The molecule has 16 heteroatoms. The van der Waals surface area contributed by atoms with Crippen LogP contribution in [-0.2, 0) is 40.0 Å². The lowest BCUT2D eigenvalue weighted by Crippen LogP contribution is -2.65. The fraction of sp³-hybridized carbons (Fsp3) is 0.658. The number of carboxylic acids is 1. The zero-order valence-corrected chi connectivity index (χ0v) is 32.7. The molecule has 0 aliphatic carbocycles. The Balaban J connectivity index is 2.13. The van der Waals surface area contributed by atoms with E-state index >= 15 is 0 Å². The molecule has 0 aromatic heterocycles. The molecule has 3 rings (SSSR count). The van der Waals surface area contributed by atoms with Gasteiger partial charge in [0.15, 0.2) is 0 Å². The summed E-state index contributed by atoms with van der Waals surface area (Å²) < 4.78 is 0. The topological polar surface area (TPSA) is 235 Å². The van der Waals surface area contributed by atoms with Crippen LogP contribution in [0.25, 0.3) is 0 Å². The molecular weight excluding hydrogens is 698 g/mol. The number of amides is 6. The minimum Gasteiger partial charge on any atom is -0.481 e.